The number of nitrogens with zero attached hydrogens (tertiary/aromatic N) is 2. The smallest absolute Gasteiger partial charge is 0.253 e. The summed E-state index contributed by atoms with van der Waals surface area (Å²) >= 11 is 0. The molecule has 186 valence electrons. The lowest BCUT2D eigenvalue weighted by Crippen LogP contribution is -2.50. The first-order valence-corrected chi connectivity index (χ1v) is 12.0. The van der Waals surface area contributed by atoms with Crippen LogP contribution in [0.4, 0.5) is 4.39 Å². The van der Waals surface area contributed by atoms with Crippen molar-refractivity contribution in [2.75, 3.05) is 20.7 Å². The van der Waals surface area contributed by atoms with E-state index in [1.165, 1.54) is 24.3 Å². The molecule has 4 aromatic rings. The Morgan fingerprint density at radius 1 is 0.919 bits per heavy atom. The minimum absolute atomic E-state index is 0.0641. The molecule has 2 amide bonds. The van der Waals surface area contributed by atoms with Gasteiger partial charge in [-0.15, -0.1) is 0 Å². The fourth-order valence-electron chi connectivity index (χ4n) is 4.64. The van der Waals surface area contributed by atoms with Gasteiger partial charge >= 0.3 is 0 Å². The molecular weight excluding hydrogens is 469 g/mol. The number of benzene rings is 3. The van der Waals surface area contributed by atoms with Crippen molar-refractivity contribution in [1.82, 2.24) is 15.2 Å². The van der Waals surface area contributed by atoms with Crippen LogP contribution in [0.25, 0.3) is 11.1 Å². The van der Waals surface area contributed by atoms with E-state index >= 15 is 0 Å². The van der Waals surface area contributed by atoms with Gasteiger partial charge in [0.25, 0.3) is 11.8 Å². The maximum absolute atomic E-state index is 13.5. The second-order valence-electron chi connectivity index (χ2n) is 9.17. The topological polar surface area (TPSA) is 71.5 Å². The third kappa shape index (κ3) is 4.68. The lowest BCUT2D eigenvalue weighted by atomic mass is 9.80. The van der Waals surface area contributed by atoms with E-state index in [1.807, 2.05) is 48.5 Å². The molecule has 0 bridgehead atoms. The first-order valence-electron chi connectivity index (χ1n) is 12.0. The molecule has 37 heavy (non-hydrogen) atoms. The molecule has 0 spiro atoms. The van der Waals surface area contributed by atoms with Crippen LogP contribution in [0.15, 0.2) is 91.1 Å². The van der Waals surface area contributed by atoms with Crippen LogP contribution in [0.5, 0.6) is 5.75 Å². The Morgan fingerprint density at radius 3 is 2.41 bits per heavy atom. The summed E-state index contributed by atoms with van der Waals surface area (Å²) in [6.07, 6.45) is 2.14. The first-order chi connectivity index (χ1) is 17.9. The molecule has 5 rings (SSSR count). The van der Waals surface area contributed by atoms with Crippen molar-refractivity contribution < 1.29 is 18.7 Å². The molecular formula is C30H26FN3O3. The Morgan fingerprint density at radius 2 is 1.68 bits per heavy atom. The molecule has 0 unspecified atom stereocenters. The Balaban J connectivity index is 1.54. The second-order valence-corrected chi connectivity index (χ2v) is 9.17. The number of nitrogens with one attached hydrogen (secondary N) is 1. The maximum Gasteiger partial charge on any atom is 0.253 e. The van der Waals surface area contributed by atoms with E-state index in [9.17, 15) is 14.0 Å². The number of carbonyl (C=O) groups excluding carboxylic acids is 2. The Kier molecular flexibility index (Phi) is 6.44. The normalized spacial score (nSPS) is 16.3. The number of halogens is 1. The molecule has 1 aromatic heterocycles. The third-order valence-electron chi connectivity index (χ3n) is 6.57. The molecule has 1 N–H and O–H groups in total. The number of aromatic nitrogens is 1. The SMILES string of the molecule is CN(C)C(=O)c1cccc(-c2ccc([C@@]3(NC(=O)c4ccc(F)cc4)CCOc4cccnc43)cc2)c1. The summed E-state index contributed by atoms with van der Waals surface area (Å²) in [5.74, 6) is -0.202. The number of amides is 2. The number of ether oxygens (including phenoxy) is 1. The molecule has 0 radical (unpaired) electrons. The van der Waals surface area contributed by atoms with Crippen molar-refractivity contribution in [2.24, 2.45) is 0 Å². The number of fused-ring (bicyclic) bond motifs is 1. The van der Waals surface area contributed by atoms with E-state index in [1.54, 1.807) is 37.3 Å². The van der Waals surface area contributed by atoms with Crippen LogP contribution in [0.1, 0.15) is 38.4 Å². The molecule has 3 aromatic carbocycles. The van der Waals surface area contributed by atoms with E-state index in [-0.39, 0.29) is 11.8 Å². The van der Waals surface area contributed by atoms with Crippen molar-refractivity contribution in [3.8, 4) is 16.9 Å². The van der Waals surface area contributed by atoms with Gasteiger partial charge < -0.3 is 15.0 Å². The molecule has 1 aliphatic rings. The third-order valence-corrected chi connectivity index (χ3v) is 6.57. The van der Waals surface area contributed by atoms with Gasteiger partial charge in [-0.25, -0.2) is 4.39 Å². The molecule has 0 aliphatic carbocycles. The van der Waals surface area contributed by atoms with Gasteiger partial charge in [0.2, 0.25) is 0 Å². The van der Waals surface area contributed by atoms with Gasteiger partial charge in [-0.05, 0) is 65.2 Å². The average Bonchev–Trinajstić information content (AvgIpc) is 2.93. The van der Waals surface area contributed by atoms with Gasteiger partial charge in [-0.2, -0.15) is 0 Å². The number of rotatable bonds is 5. The second kappa shape index (κ2) is 9.85. The summed E-state index contributed by atoms with van der Waals surface area (Å²) in [5.41, 5.74) is 3.32. The maximum atomic E-state index is 13.5. The van der Waals surface area contributed by atoms with E-state index < -0.39 is 11.4 Å². The minimum atomic E-state index is -0.943. The van der Waals surface area contributed by atoms with E-state index in [0.29, 0.717) is 35.6 Å². The number of carbonyl (C=O) groups is 2. The lowest BCUT2D eigenvalue weighted by molar-refractivity contribution is 0.0826. The van der Waals surface area contributed by atoms with Gasteiger partial charge in [0, 0.05) is 37.8 Å². The molecule has 1 atom stereocenters. The molecule has 7 heteroatoms. The van der Waals surface area contributed by atoms with Crippen LogP contribution in [0, 0.1) is 5.82 Å². The van der Waals surface area contributed by atoms with E-state index in [0.717, 1.165) is 16.7 Å². The predicted molar refractivity (Wildman–Crippen MR) is 139 cm³/mol. The number of hydrogen-bond acceptors (Lipinski definition) is 4. The zero-order valence-corrected chi connectivity index (χ0v) is 20.6. The van der Waals surface area contributed by atoms with Gasteiger partial charge in [-0.3, -0.25) is 14.6 Å². The summed E-state index contributed by atoms with van der Waals surface area (Å²) in [6.45, 7) is 0.388. The van der Waals surface area contributed by atoms with Crippen LogP contribution in [-0.4, -0.2) is 42.4 Å². The minimum Gasteiger partial charge on any atom is -0.491 e. The highest BCUT2D eigenvalue weighted by atomic mass is 19.1. The zero-order chi connectivity index (χ0) is 26.0. The van der Waals surface area contributed by atoms with Crippen molar-refractivity contribution >= 4 is 11.8 Å². The Hall–Kier alpha value is -4.52. The summed E-state index contributed by atoms with van der Waals surface area (Å²) in [6, 6.07) is 24.4. The molecule has 0 fully saturated rings. The van der Waals surface area contributed by atoms with Gasteiger partial charge in [0.15, 0.2) is 0 Å². The first kappa shape index (κ1) is 24.2. The highest BCUT2D eigenvalue weighted by Gasteiger charge is 2.42. The van der Waals surface area contributed by atoms with Crippen molar-refractivity contribution in [2.45, 2.75) is 12.0 Å². The summed E-state index contributed by atoms with van der Waals surface area (Å²) in [5, 5.41) is 3.18. The van der Waals surface area contributed by atoms with E-state index in [2.05, 4.69) is 10.3 Å². The lowest BCUT2D eigenvalue weighted by Gasteiger charge is -2.39. The monoisotopic (exact) mass is 495 g/mol. The van der Waals surface area contributed by atoms with Crippen LogP contribution >= 0.6 is 0 Å². The van der Waals surface area contributed by atoms with Crippen molar-refractivity contribution in [1.29, 1.82) is 0 Å². The molecule has 0 saturated carbocycles. The highest BCUT2D eigenvalue weighted by molar-refractivity contribution is 5.96. The fraction of sp³-hybridized carbons (Fsp3) is 0.167. The van der Waals surface area contributed by atoms with Crippen LogP contribution in [0.3, 0.4) is 0 Å². The fourth-order valence-corrected chi connectivity index (χ4v) is 4.64. The van der Waals surface area contributed by atoms with Crippen molar-refractivity contribution in [3.05, 3.63) is 119 Å². The summed E-state index contributed by atoms with van der Waals surface area (Å²) in [4.78, 5) is 31.9. The van der Waals surface area contributed by atoms with E-state index in [4.69, 9.17) is 4.74 Å². The Bertz CT molecular complexity index is 1450. The molecule has 2 heterocycles. The predicted octanol–water partition coefficient (Wildman–Crippen LogP) is 5.05. The van der Waals surface area contributed by atoms with Gasteiger partial charge in [0.1, 0.15) is 22.8 Å². The van der Waals surface area contributed by atoms with Crippen LogP contribution in [-0.2, 0) is 5.54 Å². The zero-order valence-electron chi connectivity index (χ0n) is 20.6. The molecule has 1 aliphatic heterocycles. The summed E-state index contributed by atoms with van der Waals surface area (Å²) < 4.78 is 19.3. The van der Waals surface area contributed by atoms with Gasteiger partial charge in [0.05, 0.1) is 6.61 Å². The molecule has 0 saturated heterocycles. The quantitative estimate of drug-likeness (QED) is 0.421. The largest absolute Gasteiger partial charge is 0.491 e. The average molecular weight is 496 g/mol. The van der Waals surface area contributed by atoms with Crippen molar-refractivity contribution in [3.63, 3.8) is 0 Å². The van der Waals surface area contributed by atoms with Crippen LogP contribution < -0.4 is 10.1 Å². The standard InChI is InChI=1S/C30H26FN3O3/c1-34(2)29(36)23-6-3-5-22(19-23)20-8-12-24(13-9-20)30(16-18-37-26-7-4-17-32-27(26)30)33-28(35)21-10-14-25(31)15-11-21/h3-15,17,19H,16,18H2,1-2H3,(H,33,35)/t30-/m0/s1. The van der Waals surface area contributed by atoms with Crippen LogP contribution in [0.2, 0.25) is 0 Å². The number of hydrogen-bond donors (Lipinski definition) is 1. The molecule has 6 nitrogen and oxygen atoms in total. The highest BCUT2D eigenvalue weighted by Crippen LogP contribution is 2.41. The number of pyridine rings is 1. The summed E-state index contributed by atoms with van der Waals surface area (Å²) in [7, 11) is 3.45. The van der Waals surface area contributed by atoms with Gasteiger partial charge in [-0.1, -0.05) is 36.4 Å². The Labute approximate surface area is 214 Å².